The third kappa shape index (κ3) is 3.04. The third-order valence-electron chi connectivity index (χ3n) is 5.10. The molecule has 2 nitrogen and oxygen atoms in total. The summed E-state index contributed by atoms with van der Waals surface area (Å²) in [6.07, 6.45) is 2.70. The lowest BCUT2D eigenvalue weighted by molar-refractivity contribution is 0.233. The van der Waals surface area contributed by atoms with Crippen molar-refractivity contribution in [2.24, 2.45) is 11.8 Å². The van der Waals surface area contributed by atoms with E-state index in [0.29, 0.717) is 22.0 Å². The molecule has 0 bridgehead atoms. The molecule has 2 aliphatic rings. The van der Waals surface area contributed by atoms with E-state index in [9.17, 15) is 0 Å². The van der Waals surface area contributed by atoms with E-state index in [1.807, 2.05) is 12.1 Å². The molecule has 1 N–H and O–H groups in total. The molecular weight excluding hydrogens is 303 g/mol. The van der Waals surface area contributed by atoms with Crippen molar-refractivity contribution in [3.63, 3.8) is 0 Å². The maximum Gasteiger partial charge on any atom is 0.0612 e. The van der Waals surface area contributed by atoms with Crippen molar-refractivity contribution in [1.82, 2.24) is 5.32 Å². The minimum absolute atomic E-state index is 0.220. The largest absolute Gasteiger partial charge is 0.365 e. The van der Waals surface area contributed by atoms with Crippen molar-refractivity contribution < 1.29 is 0 Å². The summed E-state index contributed by atoms with van der Waals surface area (Å²) in [5.74, 6) is 1.41. The Morgan fingerprint density at radius 2 is 1.95 bits per heavy atom. The lowest BCUT2D eigenvalue weighted by Gasteiger charge is -2.49. The zero-order valence-electron chi connectivity index (χ0n) is 13.0. The van der Waals surface area contributed by atoms with Gasteiger partial charge in [0.05, 0.1) is 10.0 Å². The maximum atomic E-state index is 6.23. The highest BCUT2D eigenvalue weighted by molar-refractivity contribution is 6.42. The van der Waals surface area contributed by atoms with Gasteiger partial charge in [0.2, 0.25) is 0 Å². The van der Waals surface area contributed by atoms with E-state index in [1.54, 1.807) is 0 Å². The molecule has 1 saturated heterocycles. The SMILES string of the molecule is CC(C)C1CNC(C)(C2CC2)CN1c1ccc(Cl)c(Cl)c1. The molecule has 2 fully saturated rings. The summed E-state index contributed by atoms with van der Waals surface area (Å²) >= 11 is 12.3. The van der Waals surface area contributed by atoms with E-state index in [2.05, 4.69) is 37.1 Å². The Kier molecular flexibility index (Phi) is 4.15. The number of halogens is 2. The third-order valence-corrected chi connectivity index (χ3v) is 5.84. The van der Waals surface area contributed by atoms with Gasteiger partial charge in [-0.1, -0.05) is 37.0 Å². The molecule has 3 rings (SSSR count). The van der Waals surface area contributed by atoms with Crippen molar-refractivity contribution in [1.29, 1.82) is 0 Å². The molecule has 1 aromatic carbocycles. The normalized spacial score (nSPS) is 30.0. The van der Waals surface area contributed by atoms with E-state index in [-0.39, 0.29) is 5.54 Å². The number of hydrogen-bond acceptors (Lipinski definition) is 2. The first-order valence-corrected chi connectivity index (χ1v) is 8.63. The molecule has 0 spiro atoms. The zero-order chi connectivity index (χ0) is 15.2. The number of piperazine rings is 1. The minimum Gasteiger partial charge on any atom is -0.365 e. The molecule has 116 valence electrons. The second-order valence-electron chi connectivity index (χ2n) is 7.11. The molecule has 1 aliphatic carbocycles. The highest BCUT2D eigenvalue weighted by Gasteiger charge is 2.46. The first kappa shape index (κ1) is 15.5. The Bertz CT molecular complexity index is 528. The fourth-order valence-electron chi connectivity index (χ4n) is 3.51. The monoisotopic (exact) mass is 326 g/mol. The average Bonchev–Trinajstić information content (AvgIpc) is 3.26. The molecule has 1 heterocycles. The van der Waals surface area contributed by atoms with Crippen molar-refractivity contribution in [2.45, 2.75) is 45.2 Å². The molecule has 0 amide bonds. The molecule has 21 heavy (non-hydrogen) atoms. The van der Waals surface area contributed by atoms with Gasteiger partial charge in [-0.15, -0.1) is 0 Å². The number of nitrogens with zero attached hydrogens (tertiary/aromatic N) is 1. The average molecular weight is 327 g/mol. The van der Waals surface area contributed by atoms with Crippen LogP contribution in [0.3, 0.4) is 0 Å². The zero-order valence-corrected chi connectivity index (χ0v) is 14.5. The van der Waals surface area contributed by atoms with Crippen molar-refractivity contribution in [3.05, 3.63) is 28.2 Å². The number of anilines is 1. The summed E-state index contributed by atoms with van der Waals surface area (Å²) in [5, 5.41) is 5.08. The highest BCUT2D eigenvalue weighted by Crippen LogP contribution is 2.43. The van der Waals surface area contributed by atoms with Gasteiger partial charge < -0.3 is 10.2 Å². The molecule has 2 unspecified atom stereocenters. The van der Waals surface area contributed by atoms with Crippen LogP contribution in [0.2, 0.25) is 10.0 Å². The predicted octanol–water partition coefficient (Wildman–Crippen LogP) is 4.60. The fourth-order valence-corrected chi connectivity index (χ4v) is 3.80. The molecule has 1 aromatic rings. The second-order valence-corrected chi connectivity index (χ2v) is 7.92. The van der Waals surface area contributed by atoms with Crippen LogP contribution in [0.15, 0.2) is 18.2 Å². The van der Waals surface area contributed by atoms with Crippen LogP contribution in [0.25, 0.3) is 0 Å². The number of hydrogen-bond donors (Lipinski definition) is 1. The van der Waals surface area contributed by atoms with Gasteiger partial charge in [0, 0.05) is 30.4 Å². The first-order valence-electron chi connectivity index (χ1n) is 7.87. The number of nitrogens with one attached hydrogen (secondary N) is 1. The summed E-state index contributed by atoms with van der Waals surface area (Å²) in [5.41, 5.74) is 1.41. The van der Waals surface area contributed by atoms with Gasteiger partial charge in [0.1, 0.15) is 0 Å². The molecule has 1 aliphatic heterocycles. The number of benzene rings is 1. The second kappa shape index (κ2) is 5.64. The van der Waals surface area contributed by atoms with Gasteiger partial charge >= 0.3 is 0 Å². The molecule has 0 radical (unpaired) electrons. The quantitative estimate of drug-likeness (QED) is 0.873. The fraction of sp³-hybridized carbons (Fsp3) is 0.647. The predicted molar refractivity (Wildman–Crippen MR) is 91.6 cm³/mol. The minimum atomic E-state index is 0.220. The van der Waals surface area contributed by atoms with Gasteiger partial charge in [0.15, 0.2) is 0 Å². The Morgan fingerprint density at radius 3 is 2.52 bits per heavy atom. The van der Waals surface area contributed by atoms with E-state index in [1.165, 1.54) is 18.5 Å². The summed E-state index contributed by atoms with van der Waals surface area (Å²) in [6.45, 7) is 9.02. The summed E-state index contributed by atoms with van der Waals surface area (Å²) in [6, 6.07) is 6.52. The summed E-state index contributed by atoms with van der Waals surface area (Å²) in [4.78, 5) is 2.53. The molecule has 0 aromatic heterocycles. The topological polar surface area (TPSA) is 15.3 Å². The van der Waals surface area contributed by atoms with Crippen LogP contribution in [0.5, 0.6) is 0 Å². The Morgan fingerprint density at radius 1 is 1.24 bits per heavy atom. The van der Waals surface area contributed by atoms with Crippen molar-refractivity contribution in [2.75, 3.05) is 18.0 Å². The molecule has 2 atom stereocenters. The van der Waals surface area contributed by atoms with Gasteiger partial charge in [-0.3, -0.25) is 0 Å². The maximum absolute atomic E-state index is 6.23. The van der Waals surface area contributed by atoms with Crippen LogP contribution < -0.4 is 10.2 Å². The van der Waals surface area contributed by atoms with E-state index >= 15 is 0 Å². The summed E-state index contributed by atoms with van der Waals surface area (Å²) < 4.78 is 0. The number of rotatable bonds is 3. The Balaban J connectivity index is 1.91. The van der Waals surface area contributed by atoms with Gasteiger partial charge in [0.25, 0.3) is 0 Å². The van der Waals surface area contributed by atoms with Crippen LogP contribution in [0.1, 0.15) is 33.6 Å². The van der Waals surface area contributed by atoms with Gasteiger partial charge in [-0.05, 0) is 49.8 Å². The van der Waals surface area contributed by atoms with Gasteiger partial charge in [-0.25, -0.2) is 0 Å². The first-order chi connectivity index (χ1) is 9.90. The van der Waals surface area contributed by atoms with E-state index in [0.717, 1.165) is 19.0 Å². The smallest absolute Gasteiger partial charge is 0.0612 e. The molecular formula is C17H24Cl2N2. The Hall–Kier alpha value is -0.440. The Labute approximate surface area is 137 Å². The van der Waals surface area contributed by atoms with Crippen LogP contribution in [-0.2, 0) is 0 Å². The molecule has 1 saturated carbocycles. The van der Waals surface area contributed by atoms with Crippen molar-refractivity contribution in [3.8, 4) is 0 Å². The van der Waals surface area contributed by atoms with Crippen LogP contribution in [0, 0.1) is 11.8 Å². The van der Waals surface area contributed by atoms with Gasteiger partial charge in [-0.2, -0.15) is 0 Å². The van der Waals surface area contributed by atoms with E-state index in [4.69, 9.17) is 23.2 Å². The highest BCUT2D eigenvalue weighted by atomic mass is 35.5. The summed E-state index contributed by atoms with van der Waals surface area (Å²) in [7, 11) is 0. The van der Waals surface area contributed by atoms with Crippen LogP contribution in [-0.4, -0.2) is 24.7 Å². The molecule has 4 heteroatoms. The van der Waals surface area contributed by atoms with E-state index < -0.39 is 0 Å². The standard InChI is InChI=1S/C17H24Cl2N2/c1-11(2)16-9-20-17(3,12-4-5-12)10-21(16)13-6-7-14(18)15(19)8-13/h6-8,11-12,16,20H,4-5,9-10H2,1-3H3. The van der Waals surface area contributed by atoms with Crippen LogP contribution in [0.4, 0.5) is 5.69 Å². The van der Waals surface area contributed by atoms with Crippen LogP contribution >= 0.6 is 23.2 Å². The lowest BCUT2D eigenvalue weighted by Crippen LogP contribution is -2.65. The lowest BCUT2D eigenvalue weighted by atomic mass is 9.87. The van der Waals surface area contributed by atoms with Crippen molar-refractivity contribution >= 4 is 28.9 Å².